The van der Waals surface area contributed by atoms with Gasteiger partial charge in [-0.05, 0) is 19.9 Å². The molecular weight excluding hydrogens is 275 g/mol. The first kappa shape index (κ1) is 15.5. The first-order valence-electron chi connectivity index (χ1n) is 7.27. The summed E-state index contributed by atoms with van der Waals surface area (Å²) < 4.78 is 14.2. The molecule has 1 aliphatic rings. The van der Waals surface area contributed by atoms with Gasteiger partial charge in [-0.15, -0.1) is 0 Å². The van der Waals surface area contributed by atoms with Crippen molar-refractivity contribution >= 4 is 17.1 Å². The van der Waals surface area contributed by atoms with Gasteiger partial charge in [0.15, 0.2) is 5.82 Å². The molecule has 1 aromatic carbocycles. The van der Waals surface area contributed by atoms with Crippen molar-refractivity contribution in [3.8, 4) is 0 Å². The van der Waals surface area contributed by atoms with E-state index in [-0.39, 0.29) is 5.69 Å². The molecule has 1 saturated heterocycles. The van der Waals surface area contributed by atoms with Crippen molar-refractivity contribution in [3.63, 3.8) is 0 Å². The molecule has 1 fully saturated rings. The lowest BCUT2D eigenvalue weighted by Gasteiger charge is -2.30. The summed E-state index contributed by atoms with van der Waals surface area (Å²) in [5.74, 6) is -0.538. The Bertz CT molecular complexity index is 514. The molecular formula is C14H21FN4O2. The molecule has 0 unspecified atom stereocenters. The van der Waals surface area contributed by atoms with Crippen LogP contribution in [-0.2, 0) is 0 Å². The van der Waals surface area contributed by atoms with Gasteiger partial charge in [-0.1, -0.05) is 0 Å². The molecule has 0 amide bonds. The molecule has 0 bridgehead atoms. The maximum atomic E-state index is 14.2. The number of anilines is 2. The molecule has 0 aromatic heterocycles. The van der Waals surface area contributed by atoms with E-state index in [0.29, 0.717) is 37.6 Å². The molecule has 116 valence electrons. The maximum Gasteiger partial charge on any atom is 0.295 e. The van der Waals surface area contributed by atoms with Gasteiger partial charge in [-0.2, -0.15) is 0 Å². The van der Waals surface area contributed by atoms with Gasteiger partial charge in [0, 0.05) is 39.3 Å². The summed E-state index contributed by atoms with van der Waals surface area (Å²) >= 11 is 0. The summed E-state index contributed by atoms with van der Waals surface area (Å²) in [5.41, 5.74) is 0.772. The summed E-state index contributed by atoms with van der Waals surface area (Å²) in [7, 11) is 0. The lowest BCUT2D eigenvalue weighted by atomic mass is 10.1. The second kappa shape index (κ2) is 6.71. The van der Waals surface area contributed by atoms with E-state index in [1.165, 1.54) is 0 Å². The lowest BCUT2D eigenvalue weighted by molar-refractivity contribution is -0.384. The smallest absolute Gasteiger partial charge is 0.295 e. The molecule has 0 atom stereocenters. The highest BCUT2D eigenvalue weighted by Gasteiger charge is 2.25. The van der Waals surface area contributed by atoms with Gasteiger partial charge in [0.25, 0.3) is 5.69 Å². The number of halogens is 1. The van der Waals surface area contributed by atoms with E-state index in [1.807, 2.05) is 23.6 Å². The topological polar surface area (TPSA) is 61.6 Å². The summed E-state index contributed by atoms with van der Waals surface area (Å²) in [5, 5.41) is 14.4. The highest BCUT2D eigenvalue weighted by Crippen LogP contribution is 2.35. The predicted octanol–water partition coefficient (Wildman–Crippen LogP) is 1.99. The van der Waals surface area contributed by atoms with Crippen LogP contribution >= 0.6 is 0 Å². The zero-order valence-electron chi connectivity index (χ0n) is 12.4. The van der Waals surface area contributed by atoms with E-state index in [0.717, 1.165) is 19.2 Å². The standard InChI is InChI=1S/C14H21FN4O2/c1-3-17(4-2)12-10-13(18-7-5-16-6-8-18)14(19(20)21)9-11(12)15/h9-10,16H,3-8H2,1-2H3. The summed E-state index contributed by atoms with van der Waals surface area (Å²) in [6.07, 6.45) is 0. The monoisotopic (exact) mass is 296 g/mol. The summed E-state index contributed by atoms with van der Waals surface area (Å²) in [6.45, 7) is 8.11. The molecule has 0 spiro atoms. The molecule has 7 heteroatoms. The minimum absolute atomic E-state index is 0.162. The number of nitro groups is 1. The molecule has 21 heavy (non-hydrogen) atoms. The van der Waals surface area contributed by atoms with Crippen LogP contribution < -0.4 is 15.1 Å². The van der Waals surface area contributed by atoms with Crippen molar-refractivity contribution in [3.05, 3.63) is 28.1 Å². The van der Waals surface area contributed by atoms with Crippen LogP contribution in [0.1, 0.15) is 13.8 Å². The quantitative estimate of drug-likeness (QED) is 0.665. The Kier molecular flexibility index (Phi) is 4.95. The van der Waals surface area contributed by atoms with Crippen molar-refractivity contribution in [2.24, 2.45) is 0 Å². The van der Waals surface area contributed by atoms with Gasteiger partial charge in [0.1, 0.15) is 5.69 Å². The Labute approximate surface area is 123 Å². The lowest BCUT2D eigenvalue weighted by Crippen LogP contribution is -2.43. The number of nitro benzene ring substituents is 1. The Morgan fingerprint density at radius 1 is 1.33 bits per heavy atom. The van der Waals surface area contributed by atoms with Gasteiger partial charge in [-0.3, -0.25) is 10.1 Å². The second-order valence-electron chi connectivity index (χ2n) is 4.96. The van der Waals surface area contributed by atoms with Gasteiger partial charge >= 0.3 is 0 Å². The molecule has 0 aliphatic carbocycles. The van der Waals surface area contributed by atoms with E-state index >= 15 is 0 Å². The van der Waals surface area contributed by atoms with Crippen molar-refractivity contribution in [1.29, 1.82) is 0 Å². The fourth-order valence-electron chi connectivity index (χ4n) is 2.65. The van der Waals surface area contributed by atoms with Crippen molar-refractivity contribution in [2.75, 3.05) is 49.1 Å². The minimum atomic E-state index is -0.538. The van der Waals surface area contributed by atoms with E-state index in [1.54, 1.807) is 6.07 Å². The number of hydrogen-bond donors (Lipinski definition) is 1. The molecule has 0 radical (unpaired) electrons. The maximum absolute atomic E-state index is 14.2. The predicted molar refractivity (Wildman–Crippen MR) is 81.7 cm³/mol. The van der Waals surface area contributed by atoms with Crippen LogP contribution in [0.4, 0.5) is 21.5 Å². The van der Waals surface area contributed by atoms with E-state index in [2.05, 4.69) is 5.32 Å². The number of nitrogens with zero attached hydrogens (tertiary/aromatic N) is 3. The van der Waals surface area contributed by atoms with Crippen LogP contribution in [0, 0.1) is 15.9 Å². The van der Waals surface area contributed by atoms with Crippen LogP contribution in [0.15, 0.2) is 12.1 Å². The normalized spacial score (nSPS) is 15.1. The van der Waals surface area contributed by atoms with E-state index in [4.69, 9.17) is 0 Å². The van der Waals surface area contributed by atoms with Gasteiger partial charge in [-0.25, -0.2) is 4.39 Å². The van der Waals surface area contributed by atoms with Crippen LogP contribution in [0.25, 0.3) is 0 Å². The van der Waals surface area contributed by atoms with Crippen LogP contribution in [0.5, 0.6) is 0 Å². The molecule has 6 nitrogen and oxygen atoms in total. The average Bonchev–Trinajstić information content (AvgIpc) is 2.50. The zero-order chi connectivity index (χ0) is 15.4. The summed E-state index contributed by atoms with van der Waals surface area (Å²) in [4.78, 5) is 14.5. The van der Waals surface area contributed by atoms with Crippen LogP contribution in [-0.4, -0.2) is 44.2 Å². The van der Waals surface area contributed by atoms with Crippen LogP contribution in [0.3, 0.4) is 0 Å². The Hall–Kier alpha value is -1.89. The molecule has 1 aliphatic heterocycles. The third-order valence-electron chi connectivity index (χ3n) is 3.80. The Balaban J connectivity index is 2.48. The Morgan fingerprint density at radius 3 is 2.48 bits per heavy atom. The minimum Gasteiger partial charge on any atom is -0.370 e. The molecule has 1 aromatic rings. The number of piperazine rings is 1. The van der Waals surface area contributed by atoms with Crippen molar-refractivity contribution < 1.29 is 9.31 Å². The third kappa shape index (κ3) is 3.24. The van der Waals surface area contributed by atoms with Gasteiger partial charge < -0.3 is 15.1 Å². The fourth-order valence-corrected chi connectivity index (χ4v) is 2.65. The number of benzene rings is 1. The first-order chi connectivity index (χ1) is 10.1. The molecule has 1 N–H and O–H groups in total. The average molecular weight is 296 g/mol. The highest BCUT2D eigenvalue weighted by atomic mass is 19.1. The van der Waals surface area contributed by atoms with Gasteiger partial charge in [0.2, 0.25) is 0 Å². The van der Waals surface area contributed by atoms with E-state index in [9.17, 15) is 14.5 Å². The van der Waals surface area contributed by atoms with E-state index < -0.39 is 10.7 Å². The zero-order valence-corrected chi connectivity index (χ0v) is 12.4. The highest BCUT2D eigenvalue weighted by molar-refractivity contribution is 5.71. The number of nitrogens with one attached hydrogen (secondary N) is 1. The Morgan fingerprint density at radius 2 is 1.95 bits per heavy atom. The van der Waals surface area contributed by atoms with Crippen molar-refractivity contribution in [2.45, 2.75) is 13.8 Å². The largest absolute Gasteiger partial charge is 0.370 e. The number of rotatable bonds is 5. The third-order valence-corrected chi connectivity index (χ3v) is 3.80. The SMILES string of the molecule is CCN(CC)c1cc(N2CCNCC2)c([N+](=O)[O-])cc1F. The molecule has 2 rings (SSSR count). The van der Waals surface area contributed by atoms with Gasteiger partial charge in [0.05, 0.1) is 16.7 Å². The van der Waals surface area contributed by atoms with Crippen LogP contribution in [0.2, 0.25) is 0 Å². The molecule has 1 heterocycles. The van der Waals surface area contributed by atoms with Crippen molar-refractivity contribution in [1.82, 2.24) is 5.32 Å². The fraction of sp³-hybridized carbons (Fsp3) is 0.571. The number of hydrogen-bond acceptors (Lipinski definition) is 5. The summed E-state index contributed by atoms with van der Waals surface area (Å²) in [6, 6.07) is 2.66. The first-order valence-corrected chi connectivity index (χ1v) is 7.27. The second-order valence-corrected chi connectivity index (χ2v) is 4.96. The molecule has 0 saturated carbocycles.